The predicted molar refractivity (Wildman–Crippen MR) is 151 cm³/mol. The molecule has 214 valence electrons. The molecule has 4 aliphatic carbocycles. The summed E-state index contributed by atoms with van der Waals surface area (Å²) in [6.07, 6.45) is 16.0. The van der Waals surface area contributed by atoms with Crippen LogP contribution in [0.15, 0.2) is 11.6 Å². The van der Waals surface area contributed by atoms with E-state index in [1.807, 2.05) is 20.8 Å². The van der Waals surface area contributed by atoms with Crippen LogP contribution in [0.1, 0.15) is 119 Å². The maximum Gasteiger partial charge on any atom is 0.285 e. The minimum absolute atomic E-state index is 0.107. The van der Waals surface area contributed by atoms with Gasteiger partial charge in [0.2, 0.25) is 0 Å². The fourth-order valence-corrected chi connectivity index (χ4v) is 9.90. The van der Waals surface area contributed by atoms with Gasteiger partial charge in [0, 0.05) is 25.7 Å². The summed E-state index contributed by atoms with van der Waals surface area (Å²) in [6, 6.07) is 0. The van der Waals surface area contributed by atoms with Crippen LogP contribution in [0.5, 0.6) is 0 Å². The van der Waals surface area contributed by atoms with E-state index in [2.05, 4.69) is 33.8 Å². The van der Waals surface area contributed by atoms with Crippen LogP contribution in [0.3, 0.4) is 0 Å². The van der Waals surface area contributed by atoms with E-state index in [0.29, 0.717) is 30.7 Å². The van der Waals surface area contributed by atoms with Crippen LogP contribution in [0, 0.1) is 46.3 Å². The molecule has 0 radical (unpaired) electrons. The minimum atomic E-state index is -0.900. The van der Waals surface area contributed by atoms with Crippen LogP contribution in [0.2, 0.25) is 0 Å². The molecule has 0 saturated heterocycles. The van der Waals surface area contributed by atoms with Crippen LogP contribution in [-0.2, 0) is 14.2 Å². The van der Waals surface area contributed by atoms with Gasteiger partial charge in [0.1, 0.15) is 0 Å². The number of aliphatic hydroxyl groups is 1. The lowest BCUT2D eigenvalue weighted by Crippen LogP contribution is -2.50. The van der Waals surface area contributed by atoms with Crippen LogP contribution in [0.4, 0.5) is 0 Å². The Balaban J connectivity index is 1.37. The van der Waals surface area contributed by atoms with Gasteiger partial charge in [-0.3, -0.25) is 0 Å². The molecule has 0 aromatic carbocycles. The van der Waals surface area contributed by atoms with Crippen LogP contribution >= 0.6 is 0 Å². The zero-order chi connectivity index (χ0) is 26.8. The third-order valence-electron chi connectivity index (χ3n) is 11.8. The summed E-state index contributed by atoms with van der Waals surface area (Å²) in [5.41, 5.74) is 2.43. The number of ether oxygens (including phenoxy) is 3. The summed E-state index contributed by atoms with van der Waals surface area (Å²) in [5, 5.41) is 10.3. The summed E-state index contributed by atoms with van der Waals surface area (Å²) in [5.74, 6) is 3.47. The molecule has 3 saturated carbocycles. The maximum atomic E-state index is 10.3. The van der Waals surface area contributed by atoms with Crippen molar-refractivity contribution in [1.29, 1.82) is 0 Å². The van der Waals surface area contributed by atoms with Gasteiger partial charge in [-0.2, -0.15) is 0 Å². The Morgan fingerprint density at radius 3 is 2.24 bits per heavy atom. The Bertz CT molecular complexity index is 761. The highest BCUT2D eigenvalue weighted by atomic mass is 16.9. The molecule has 4 heteroatoms. The first-order valence-corrected chi connectivity index (χ1v) is 15.9. The number of hydrogen-bond acceptors (Lipinski definition) is 4. The van der Waals surface area contributed by atoms with Gasteiger partial charge in [0.15, 0.2) is 0 Å². The molecule has 4 nitrogen and oxygen atoms in total. The standard InChI is InChI=1S/C33H58O4/c1-8-35-33(36-9-2,37-10-3)24(5)13-11-12-23(4)28-16-17-29-27-15-14-25-22-26(34)18-20-31(25,6)30(27)19-21-32(28,29)7/h14,23-24,26-30,34H,8-13,15-22H2,1-7H3. The number of allylic oxidation sites excluding steroid dienone is 1. The average Bonchev–Trinajstić information content (AvgIpc) is 3.22. The van der Waals surface area contributed by atoms with Gasteiger partial charge in [-0.05, 0) is 119 Å². The molecule has 9 unspecified atom stereocenters. The molecule has 0 aliphatic heterocycles. The van der Waals surface area contributed by atoms with Crippen molar-refractivity contribution in [3.8, 4) is 0 Å². The van der Waals surface area contributed by atoms with Crippen molar-refractivity contribution in [3.63, 3.8) is 0 Å². The van der Waals surface area contributed by atoms with E-state index in [4.69, 9.17) is 14.2 Å². The SMILES string of the molecule is CCOC(OCC)(OCC)C(C)CCCC(C)C1CCC2C3CC=C4CC(O)CCC4(C)C3CCC12C. The summed E-state index contributed by atoms with van der Waals surface area (Å²) in [6.45, 7) is 17.9. The zero-order valence-corrected chi connectivity index (χ0v) is 25.2. The average molecular weight is 519 g/mol. The molecule has 0 aromatic heterocycles. The molecule has 0 amide bonds. The number of aliphatic hydroxyl groups excluding tert-OH is 1. The molecule has 4 aliphatic rings. The van der Waals surface area contributed by atoms with Crippen molar-refractivity contribution >= 4 is 0 Å². The van der Waals surface area contributed by atoms with E-state index in [1.54, 1.807) is 5.57 Å². The maximum absolute atomic E-state index is 10.3. The summed E-state index contributed by atoms with van der Waals surface area (Å²) in [7, 11) is 0. The second kappa shape index (κ2) is 12.0. The van der Waals surface area contributed by atoms with E-state index in [0.717, 1.165) is 48.9 Å². The molecular formula is C33H58O4. The second-order valence-corrected chi connectivity index (χ2v) is 13.6. The Hall–Kier alpha value is -0.420. The van der Waals surface area contributed by atoms with Crippen LogP contribution in [-0.4, -0.2) is 37.0 Å². The van der Waals surface area contributed by atoms with E-state index < -0.39 is 5.97 Å². The second-order valence-electron chi connectivity index (χ2n) is 13.6. The number of fused-ring (bicyclic) bond motifs is 5. The van der Waals surface area contributed by atoms with Crippen molar-refractivity contribution in [3.05, 3.63) is 11.6 Å². The molecule has 0 spiro atoms. The van der Waals surface area contributed by atoms with Crippen molar-refractivity contribution < 1.29 is 19.3 Å². The van der Waals surface area contributed by atoms with Gasteiger partial charge in [0.05, 0.1) is 6.10 Å². The molecule has 0 heterocycles. The normalized spacial score (nSPS) is 39.4. The lowest BCUT2D eigenvalue weighted by atomic mass is 9.47. The summed E-state index contributed by atoms with van der Waals surface area (Å²) >= 11 is 0. The largest absolute Gasteiger partial charge is 0.393 e. The van der Waals surface area contributed by atoms with E-state index in [9.17, 15) is 5.11 Å². The third kappa shape index (κ3) is 5.48. The van der Waals surface area contributed by atoms with Crippen molar-refractivity contribution in [2.24, 2.45) is 46.3 Å². The van der Waals surface area contributed by atoms with Gasteiger partial charge < -0.3 is 19.3 Å². The lowest BCUT2D eigenvalue weighted by Gasteiger charge is -2.58. The molecule has 0 bridgehead atoms. The molecular weight excluding hydrogens is 460 g/mol. The lowest BCUT2D eigenvalue weighted by molar-refractivity contribution is -0.400. The first kappa shape index (κ1) is 29.6. The minimum Gasteiger partial charge on any atom is -0.393 e. The van der Waals surface area contributed by atoms with Crippen molar-refractivity contribution in [1.82, 2.24) is 0 Å². The van der Waals surface area contributed by atoms with Gasteiger partial charge in [-0.1, -0.05) is 52.2 Å². The fraction of sp³-hybridized carbons (Fsp3) is 0.939. The van der Waals surface area contributed by atoms with E-state index >= 15 is 0 Å². The Labute approximate surface area is 228 Å². The smallest absolute Gasteiger partial charge is 0.285 e. The molecule has 3 fully saturated rings. The highest BCUT2D eigenvalue weighted by Crippen LogP contribution is 2.67. The van der Waals surface area contributed by atoms with E-state index in [-0.39, 0.29) is 12.0 Å². The first-order chi connectivity index (χ1) is 17.6. The predicted octanol–water partition coefficient (Wildman–Crippen LogP) is 8.13. The number of rotatable bonds is 12. The number of hydrogen-bond donors (Lipinski definition) is 1. The van der Waals surface area contributed by atoms with E-state index in [1.165, 1.54) is 51.4 Å². The van der Waals surface area contributed by atoms with Gasteiger partial charge in [-0.15, -0.1) is 0 Å². The van der Waals surface area contributed by atoms with Gasteiger partial charge in [-0.25, -0.2) is 0 Å². The third-order valence-corrected chi connectivity index (χ3v) is 11.8. The molecule has 4 rings (SSSR count). The monoisotopic (exact) mass is 518 g/mol. The highest BCUT2D eigenvalue weighted by molar-refractivity contribution is 5.25. The molecule has 0 aromatic rings. The zero-order valence-electron chi connectivity index (χ0n) is 25.2. The van der Waals surface area contributed by atoms with Gasteiger partial charge >= 0.3 is 0 Å². The van der Waals surface area contributed by atoms with Crippen molar-refractivity contribution in [2.75, 3.05) is 19.8 Å². The summed E-state index contributed by atoms with van der Waals surface area (Å²) < 4.78 is 18.2. The first-order valence-electron chi connectivity index (χ1n) is 15.9. The topological polar surface area (TPSA) is 47.9 Å². The Morgan fingerprint density at radius 2 is 1.59 bits per heavy atom. The van der Waals surface area contributed by atoms with Crippen LogP contribution < -0.4 is 0 Å². The Kier molecular flexibility index (Phi) is 9.58. The molecule has 37 heavy (non-hydrogen) atoms. The summed E-state index contributed by atoms with van der Waals surface area (Å²) in [4.78, 5) is 0. The highest BCUT2D eigenvalue weighted by Gasteiger charge is 2.59. The Morgan fingerprint density at radius 1 is 0.919 bits per heavy atom. The van der Waals surface area contributed by atoms with Crippen LogP contribution in [0.25, 0.3) is 0 Å². The molecule has 1 N–H and O–H groups in total. The fourth-order valence-electron chi connectivity index (χ4n) is 9.90. The van der Waals surface area contributed by atoms with Crippen molar-refractivity contribution in [2.45, 2.75) is 131 Å². The quantitative estimate of drug-likeness (QED) is 0.209. The molecule has 9 atom stereocenters. The van der Waals surface area contributed by atoms with Gasteiger partial charge in [0.25, 0.3) is 5.97 Å².